The first-order chi connectivity index (χ1) is 12.0. The van der Waals surface area contributed by atoms with Gasteiger partial charge in [-0.3, -0.25) is 15.4 Å². The van der Waals surface area contributed by atoms with Gasteiger partial charge in [0.15, 0.2) is 5.82 Å². The molecule has 4 N–H and O–H groups in total. The zero-order valence-corrected chi connectivity index (χ0v) is 15.5. The molecule has 138 valence electrons. The minimum Gasteiger partial charge on any atom is -0.387 e. The number of rotatable bonds is 7. The Morgan fingerprint density at radius 1 is 1.40 bits per heavy atom. The van der Waals surface area contributed by atoms with Crippen molar-refractivity contribution >= 4 is 23.6 Å². The Morgan fingerprint density at radius 3 is 2.76 bits per heavy atom. The minimum atomic E-state index is 0.351. The minimum absolute atomic E-state index is 0.351. The van der Waals surface area contributed by atoms with Gasteiger partial charge in [-0.25, -0.2) is 4.99 Å². The number of likely N-dealkylation sites (N-methyl/N-ethyl adjacent to an activating group) is 1. The summed E-state index contributed by atoms with van der Waals surface area (Å²) in [6.07, 6.45) is 4.20. The van der Waals surface area contributed by atoms with Gasteiger partial charge in [0.1, 0.15) is 11.7 Å². The second kappa shape index (κ2) is 9.33. The maximum Gasteiger partial charge on any atom is 0.175 e. The fraction of sp³-hybridized carbons (Fsp3) is 0.588. The van der Waals surface area contributed by atoms with E-state index < -0.39 is 0 Å². The average Bonchev–Trinajstić information content (AvgIpc) is 3.00. The van der Waals surface area contributed by atoms with Gasteiger partial charge in [0.25, 0.3) is 0 Å². The molecule has 0 amide bonds. The Balaban J connectivity index is 1.80. The number of hydrogen-bond acceptors (Lipinski definition) is 5. The summed E-state index contributed by atoms with van der Waals surface area (Å²) in [5.41, 5.74) is 6.89. The number of nitrogens with zero attached hydrogens (tertiary/aromatic N) is 5. The molecule has 0 radical (unpaired) electrons. The van der Waals surface area contributed by atoms with E-state index >= 15 is 0 Å². The highest BCUT2D eigenvalue weighted by Gasteiger charge is 2.19. The molecule has 1 saturated heterocycles. The van der Waals surface area contributed by atoms with E-state index in [1.165, 1.54) is 0 Å². The van der Waals surface area contributed by atoms with Gasteiger partial charge in [-0.2, -0.15) is 5.10 Å². The number of aliphatic imine (C=N–C) groups is 1. The maximum absolute atomic E-state index is 8.29. The Hall–Kier alpha value is -2.19. The van der Waals surface area contributed by atoms with Gasteiger partial charge < -0.3 is 15.5 Å². The number of hydrogen-bond donors (Lipinski definition) is 3. The van der Waals surface area contributed by atoms with Gasteiger partial charge in [0.2, 0.25) is 0 Å². The number of allylic oxidation sites excluding steroid dienone is 1. The monoisotopic (exact) mass is 346 g/mol. The smallest absolute Gasteiger partial charge is 0.175 e. The highest BCUT2D eigenvalue weighted by Crippen LogP contribution is 2.11. The van der Waals surface area contributed by atoms with Gasteiger partial charge >= 0.3 is 0 Å². The fourth-order valence-corrected chi connectivity index (χ4v) is 2.70. The Morgan fingerprint density at radius 2 is 2.12 bits per heavy atom. The lowest BCUT2D eigenvalue weighted by Gasteiger charge is -2.36. The van der Waals surface area contributed by atoms with E-state index in [4.69, 9.17) is 11.1 Å². The molecule has 1 aromatic heterocycles. The van der Waals surface area contributed by atoms with E-state index in [-0.39, 0.29) is 0 Å². The summed E-state index contributed by atoms with van der Waals surface area (Å²) in [4.78, 5) is 11.0. The molecule has 2 rings (SSSR count). The van der Waals surface area contributed by atoms with Crippen LogP contribution in [0.2, 0.25) is 0 Å². The quantitative estimate of drug-likeness (QED) is 0.505. The standard InChI is InChI=1S/C17H30N8/c1-4-5-14-12-17(22-21-14)20-15(18)13-16(19)25-10-8-24(9-11-25)7-6-23(2)3/h4-5,12,19H,6-11,13H2,1-3H3,(H3,18,20,21,22)/b5-4+,19-16?. The van der Waals surface area contributed by atoms with Crippen LogP contribution in [0.3, 0.4) is 0 Å². The van der Waals surface area contributed by atoms with Crippen LogP contribution in [0.4, 0.5) is 5.82 Å². The first-order valence-corrected chi connectivity index (χ1v) is 8.68. The van der Waals surface area contributed by atoms with Crippen LogP contribution >= 0.6 is 0 Å². The number of nitrogens with two attached hydrogens (primary N) is 1. The van der Waals surface area contributed by atoms with E-state index in [9.17, 15) is 0 Å². The molecule has 25 heavy (non-hydrogen) atoms. The van der Waals surface area contributed by atoms with Gasteiger partial charge in [-0.05, 0) is 27.1 Å². The van der Waals surface area contributed by atoms with Crippen molar-refractivity contribution in [3.8, 4) is 0 Å². The summed E-state index contributed by atoms with van der Waals surface area (Å²) < 4.78 is 0. The molecule has 0 aromatic carbocycles. The largest absolute Gasteiger partial charge is 0.387 e. The topological polar surface area (TPSA) is 101 Å². The van der Waals surface area contributed by atoms with Crippen LogP contribution in [0, 0.1) is 5.41 Å². The molecule has 0 atom stereocenters. The fourth-order valence-electron chi connectivity index (χ4n) is 2.70. The molecule has 0 aliphatic carbocycles. The molecule has 1 aliphatic heterocycles. The van der Waals surface area contributed by atoms with Crippen LogP contribution in [-0.4, -0.2) is 89.9 Å². The molecule has 8 nitrogen and oxygen atoms in total. The van der Waals surface area contributed by atoms with Crippen molar-refractivity contribution in [2.45, 2.75) is 13.3 Å². The van der Waals surface area contributed by atoms with E-state index in [1.807, 2.05) is 25.1 Å². The van der Waals surface area contributed by atoms with Crippen LogP contribution in [-0.2, 0) is 0 Å². The molecule has 1 fully saturated rings. The maximum atomic E-state index is 8.29. The van der Waals surface area contributed by atoms with Crippen molar-refractivity contribution in [1.82, 2.24) is 24.9 Å². The molecule has 0 spiro atoms. The van der Waals surface area contributed by atoms with Crippen molar-refractivity contribution in [2.75, 3.05) is 53.4 Å². The summed E-state index contributed by atoms with van der Waals surface area (Å²) in [7, 11) is 4.18. The first-order valence-electron chi connectivity index (χ1n) is 8.68. The number of amidine groups is 2. The van der Waals surface area contributed by atoms with Crippen LogP contribution in [0.15, 0.2) is 17.1 Å². The number of piperazine rings is 1. The van der Waals surface area contributed by atoms with E-state index in [0.29, 0.717) is 23.9 Å². The van der Waals surface area contributed by atoms with E-state index in [2.05, 4.69) is 44.0 Å². The summed E-state index contributed by atoms with van der Waals surface area (Å²) in [6, 6.07) is 1.83. The second-order valence-electron chi connectivity index (χ2n) is 6.54. The lowest BCUT2D eigenvalue weighted by molar-refractivity contribution is 0.168. The van der Waals surface area contributed by atoms with Crippen LogP contribution in [0.25, 0.3) is 6.08 Å². The van der Waals surface area contributed by atoms with Crippen molar-refractivity contribution in [3.63, 3.8) is 0 Å². The number of aromatic nitrogens is 2. The summed E-state index contributed by atoms with van der Waals surface area (Å²) >= 11 is 0. The molecule has 0 unspecified atom stereocenters. The van der Waals surface area contributed by atoms with Gasteiger partial charge in [0, 0.05) is 45.3 Å². The number of H-pyrrole nitrogens is 1. The molecule has 8 heteroatoms. The predicted octanol–water partition coefficient (Wildman–Crippen LogP) is 0.978. The first kappa shape index (κ1) is 19.1. The summed E-state index contributed by atoms with van der Waals surface area (Å²) in [6.45, 7) is 7.79. The molecular formula is C17H30N8. The van der Waals surface area contributed by atoms with Crippen molar-refractivity contribution in [2.24, 2.45) is 10.7 Å². The van der Waals surface area contributed by atoms with Crippen LogP contribution in [0.5, 0.6) is 0 Å². The zero-order chi connectivity index (χ0) is 18.2. The van der Waals surface area contributed by atoms with Crippen LogP contribution < -0.4 is 5.73 Å². The molecule has 1 aliphatic rings. The molecule has 0 saturated carbocycles. The highest BCUT2D eigenvalue weighted by atomic mass is 15.3. The third-order valence-electron chi connectivity index (χ3n) is 4.15. The van der Waals surface area contributed by atoms with Crippen molar-refractivity contribution in [3.05, 3.63) is 17.8 Å². The van der Waals surface area contributed by atoms with Gasteiger partial charge in [-0.1, -0.05) is 6.08 Å². The van der Waals surface area contributed by atoms with Crippen LogP contribution in [0.1, 0.15) is 19.0 Å². The zero-order valence-electron chi connectivity index (χ0n) is 15.5. The number of nitrogens with one attached hydrogen (secondary N) is 2. The summed E-state index contributed by atoms with van der Waals surface area (Å²) in [5.74, 6) is 1.49. The third-order valence-corrected chi connectivity index (χ3v) is 4.15. The second-order valence-corrected chi connectivity index (χ2v) is 6.54. The van der Waals surface area contributed by atoms with Gasteiger partial charge in [0.05, 0.1) is 12.1 Å². The van der Waals surface area contributed by atoms with Gasteiger partial charge in [-0.15, -0.1) is 0 Å². The van der Waals surface area contributed by atoms with Crippen molar-refractivity contribution in [1.29, 1.82) is 5.41 Å². The summed E-state index contributed by atoms with van der Waals surface area (Å²) in [5, 5.41) is 15.3. The Bertz CT molecular complexity index is 608. The number of aromatic amines is 1. The molecule has 1 aromatic rings. The predicted molar refractivity (Wildman–Crippen MR) is 103 cm³/mol. The van der Waals surface area contributed by atoms with E-state index in [1.54, 1.807) is 0 Å². The normalized spacial score (nSPS) is 17.0. The average molecular weight is 346 g/mol. The SMILES string of the molecule is C/C=C/c1cc(N=C(N)CC(=N)N2CCN(CCN(C)C)CC2)n[nH]1. The van der Waals surface area contributed by atoms with Crippen molar-refractivity contribution < 1.29 is 0 Å². The molecular weight excluding hydrogens is 316 g/mol. The molecule has 0 bridgehead atoms. The Labute approximate surface area is 149 Å². The lowest BCUT2D eigenvalue weighted by Crippen LogP contribution is -2.50. The lowest BCUT2D eigenvalue weighted by atomic mass is 10.2. The Kier molecular flexibility index (Phi) is 7.15. The third kappa shape index (κ3) is 6.32. The van der Waals surface area contributed by atoms with E-state index in [0.717, 1.165) is 45.0 Å². The molecule has 2 heterocycles. The highest BCUT2D eigenvalue weighted by molar-refractivity contribution is 6.01.